The molecule has 3 heterocycles. The van der Waals surface area contributed by atoms with Crippen molar-refractivity contribution >= 4 is 23.1 Å². The van der Waals surface area contributed by atoms with Crippen molar-refractivity contribution in [1.82, 2.24) is 14.8 Å². The fourth-order valence-electron chi connectivity index (χ4n) is 4.31. The van der Waals surface area contributed by atoms with Gasteiger partial charge in [0.1, 0.15) is 5.00 Å². The molecule has 6 heteroatoms. The molecule has 2 amide bonds. The Morgan fingerprint density at radius 3 is 2.53 bits per heavy atom. The van der Waals surface area contributed by atoms with Crippen LogP contribution in [0.5, 0.6) is 0 Å². The highest BCUT2D eigenvalue weighted by Gasteiger charge is 2.29. The van der Waals surface area contributed by atoms with Crippen LogP contribution in [0.4, 0.5) is 10.5 Å². The van der Waals surface area contributed by atoms with E-state index in [4.69, 9.17) is 0 Å². The summed E-state index contributed by atoms with van der Waals surface area (Å²) in [6.45, 7) is 8.56. The highest BCUT2D eigenvalue weighted by atomic mass is 32.1. The topological polar surface area (TPSA) is 49.3 Å². The van der Waals surface area contributed by atoms with Crippen molar-refractivity contribution in [3.05, 3.63) is 70.4 Å². The fraction of sp³-hybridized carbons (Fsp3) is 0.423. The molecule has 0 aliphatic carbocycles. The Labute approximate surface area is 195 Å². The van der Waals surface area contributed by atoms with E-state index in [1.54, 1.807) is 0 Å². The minimum absolute atomic E-state index is 0.0244. The van der Waals surface area contributed by atoms with Crippen molar-refractivity contribution < 1.29 is 4.79 Å². The summed E-state index contributed by atoms with van der Waals surface area (Å²) in [6, 6.07) is 11.9. The van der Waals surface area contributed by atoms with Crippen molar-refractivity contribution in [2.75, 3.05) is 18.9 Å². The molecule has 4 rings (SSSR count). The van der Waals surface area contributed by atoms with Crippen LogP contribution in [-0.2, 0) is 13.0 Å². The molecule has 32 heavy (non-hydrogen) atoms. The smallest absolute Gasteiger partial charge is 0.319 e. The number of rotatable bonds is 7. The molecule has 2 N–H and O–H groups in total. The predicted octanol–water partition coefficient (Wildman–Crippen LogP) is 6.13. The summed E-state index contributed by atoms with van der Waals surface area (Å²) < 4.78 is 2.21. The molecule has 0 saturated heterocycles. The molecular formula is C26H34N4OS. The van der Waals surface area contributed by atoms with Gasteiger partial charge >= 0.3 is 6.03 Å². The van der Waals surface area contributed by atoms with Crippen LogP contribution in [0.1, 0.15) is 54.3 Å². The zero-order valence-electron chi connectivity index (χ0n) is 19.5. The maximum atomic E-state index is 13.0. The van der Waals surface area contributed by atoms with Gasteiger partial charge in [-0.1, -0.05) is 31.5 Å². The second-order valence-electron chi connectivity index (χ2n) is 9.29. The molecule has 1 atom stereocenters. The Morgan fingerprint density at radius 2 is 1.84 bits per heavy atom. The summed E-state index contributed by atoms with van der Waals surface area (Å²) in [5, 5.41) is 7.60. The fourth-order valence-corrected chi connectivity index (χ4v) is 5.77. The van der Waals surface area contributed by atoms with Gasteiger partial charge in [0.15, 0.2) is 0 Å². The number of likely N-dealkylation sites (N-methyl/N-ethyl adjacent to an activating group) is 1. The minimum atomic E-state index is -0.144. The summed E-state index contributed by atoms with van der Waals surface area (Å²) in [6.07, 6.45) is 7.22. The number of aryl methyl sites for hydroxylation is 1. The van der Waals surface area contributed by atoms with E-state index < -0.39 is 0 Å². The molecule has 0 fully saturated rings. The predicted molar refractivity (Wildman–Crippen MR) is 134 cm³/mol. The number of amides is 2. The molecule has 3 aromatic rings. The maximum absolute atomic E-state index is 13.0. The van der Waals surface area contributed by atoms with E-state index >= 15 is 0 Å². The van der Waals surface area contributed by atoms with Crippen LogP contribution in [0.3, 0.4) is 0 Å². The lowest BCUT2D eigenvalue weighted by atomic mass is 9.92. The van der Waals surface area contributed by atoms with E-state index in [-0.39, 0.29) is 12.1 Å². The minimum Gasteiger partial charge on any atom is -0.331 e. The second kappa shape index (κ2) is 9.92. The molecule has 0 spiro atoms. The van der Waals surface area contributed by atoms with E-state index in [1.165, 1.54) is 26.6 Å². The molecule has 0 radical (unpaired) electrons. The van der Waals surface area contributed by atoms with Crippen molar-refractivity contribution in [2.24, 2.45) is 5.92 Å². The first kappa shape index (κ1) is 22.6. The Bertz CT molecular complexity index is 1040. The lowest BCUT2D eigenvalue weighted by Gasteiger charge is -2.26. The number of benzene rings is 1. The van der Waals surface area contributed by atoms with Gasteiger partial charge in [-0.05, 0) is 69.0 Å². The quantitative estimate of drug-likeness (QED) is 0.455. The number of hydrogen-bond donors (Lipinski definition) is 2. The van der Waals surface area contributed by atoms with Crippen molar-refractivity contribution in [3.63, 3.8) is 0 Å². The number of aromatic nitrogens is 1. The van der Waals surface area contributed by atoms with Crippen molar-refractivity contribution in [1.29, 1.82) is 0 Å². The van der Waals surface area contributed by atoms with Gasteiger partial charge in [0.2, 0.25) is 0 Å². The van der Waals surface area contributed by atoms with Crippen molar-refractivity contribution in [2.45, 2.75) is 52.6 Å². The van der Waals surface area contributed by atoms with E-state index in [0.717, 1.165) is 38.0 Å². The molecule has 1 aromatic carbocycles. The van der Waals surface area contributed by atoms with Gasteiger partial charge in [0.25, 0.3) is 0 Å². The van der Waals surface area contributed by atoms with Gasteiger partial charge in [-0.25, -0.2) is 4.79 Å². The molecule has 170 valence electrons. The van der Waals surface area contributed by atoms with Gasteiger partial charge < -0.3 is 20.1 Å². The van der Waals surface area contributed by atoms with Crippen molar-refractivity contribution in [3.8, 4) is 5.00 Å². The monoisotopic (exact) mass is 450 g/mol. The van der Waals surface area contributed by atoms with Crippen LogP contribution in [0, 0.1) is 12.8 Å². The largest absolute Gasteiger partial charge is 0.331 e. The first-order valence-corrected chi connectivity index (χ1v) is 12.3. The van der Waals surface area contributed by atoms with Gasteiger partial charge in [-0.3, -0.25) is 0 Å². The summed E-state index contributed by atoms with van der Waals surface area (Å²) in [7, 11) is 2.18. The number of anilines is 1. The zero-order chi connectivity index (χ0) is 22.7. The Kier molecular flexibility index (Phi) is 7.01. The number of hydrogen-bond acceptors (Lipinski definition) is 3. The SMILES string of the molecule is Cc1ccc(NC(=O)N[C@H](CCC(C)C)c2c(-n3cccc3)sc3c2CCN(C)C3)cc1. The van der Waals surface area contributed by atoms with Gasteiger partial charge in [-0.2, -0.15) is 0 Å². The van der Waals surface area contributed by atoms with E-state index in [1.807, 2.05) is 42.5 Å². The molecule has 0 unspecified atom stereocenters. The van der Waals surface area contributed by atoms with Gasteiger partial charge in [0.05, 0.1) is 6.04 Å². The number of thiophene rings is 1. The Morgan fingerprint density at radius 1 is 1.12 bits per heavy atom. The molecule has 0 saturated carbocycles. The molecule has 2 aromatic heterocycles. The number of fused-ring (bicyclic) bond motifs is 1. The van der Waals surface area contributed by atoms with Crippen LogP contribution >= 0.6 is 11.3 Å². The van der Waals surface area contributed by atoms with Gasteiger partial charge in [0, 0.05) is 41.6 Å². The standard InChI is InChI=1S/C26H34N4OS/c1-18(2)7-12-22(28-26(31)27-20-10-8-19(3)9-11-20)24-21-13-16-29(4)17-23(21)32-25(24)30-14-5-6-15-30/h5-6,8-11,14-15,18,22H,7,12-13,16-17H2,1-4H3,(H2,27,28,31)/t22-/m1/s1. The number of urea groups is 1. The average molecular weight is 451 g/mol. The first-order chi connectivity index (χ1) is 15.4. The summed E-state index contributed by atoms with van der Waals surface area (Å²) in [4.78, 5) is 16.8. The molecule has 0 bridgehead atoms. The van der Waals surface area contributed by atoms with Crippen LogP contribution in [-0.4, -0.2) is 29.1 Å². The normalized spacial score (nSPS) is 14.9. The first-order valence-electron chi connectivity index (χ1n) is 11.5. The van der Waals surface area contributed by atoms with Crippen LogP contribution in [0.25, 0.3) is 5.00 Å². The molecule has 1 aliphatic heterocycles. The highest BCUT2D eigenvalue weighted by molar-refractivity contribution is 7.15. The molecular weight excluding hydrogens is 416 g/mol. The van der Waals surface area contributed by atoms with Crippen LogP contribution in [0.2, 0.25) is 0 Å². The number of carbonyl (C=O) groups is 1. The third-order valence-electron chi connectivity index (χ3n) is 6.10. The number of nitrogens with zero attached hydrogens (tertiary/aromatic N) is 2. The summed E-state index contributed by atoms with van der Waals surface area (Å²) >= 11 is 1.87. The molecule has 1 aliphatic rings. The highest BCUT2D eigenvalue weighted by Crippen LogP contribution is 2.40. The van der Waals surface area contributed by atoms with Crippen LogP contribution < -0.4 is 10.6 Å². The van der Waals surface area contributed by atoms with Gasteiger partial charge in [-0.15, -0.1) is 11.3 Å². The number of carbonyl (C=O) groups excluding carboxylic acids is 1. The van der Waals surface area contributed by atoms with E-state index in [9.17, 15) is 4.79 Å². The maximum Gasteiger partial charge on any atom is 0.319 e. The summed E-state index contributed by atoms with van der Waals surface area (Å²) in [5.74, 6) is 0.579. The third kappa shape index (κ3) is 5.25. The Hall–Kier alpha value is -2.57. The number of nitrogens with one attached hydrogen (secondary N) is 2. The van der Waals surface area contributed by atoms with E-state index in [0.29, 0.717) is 5.92 Å². The van der Waals surface area contributed by atoms with E-state index in [2.05, 4.69) is 65.5 Å². The molecule has 5 nitrogen and oxygen atoms in total. The Balaban J connectivity index is 1.66. The van der Waals surface area contributed by atoms with Crippen LogP contribution in [0.15, 0.2) is 48.8 Å². The lowest BCUT2D eigenvalue weighted by Crippen LogP contribution is -2.34. The second-order valence-corrected chi connectivity index (χ2v) is 10.4. The average Bonchev–Trinajstić information content (AvgIpc) is 3.40. The summed E-state index contributed by atoms with van der Waals surface area (Å²) in [5.41, 5.74) is 4.72. The third-order valence-corrected chi connectivity index (χ3v) is 7.35. The zero-order valence-corrected chi connectivity index (χ0v) is 20.3. The lowest BCUT2D eigenvalue weighted by molar-refractivity contribution is 0.247.